The fraction of sp³-hybridized carbons (Fsp3) is 0.409. The first-order chi connectivity index (χ1) is 13.0. The molecule has 0 radical (unpaired) electrons. The molecule has 0 bridgehead atoms. The van der Waals surface area contributed by atoms with Gasteiger partial charge in [0.15, 0.2) is 5.75 Å². The van der Waals surface area contributed by atoms with E-state index in [-0.39, 0.29) is 5.91 Å². The summed E-state index contributed by atoms with van der Waals surface area (Å²) in [6.45, 7) is 6.30. The summed E-state index contributed by atoms with van der Waals surface area (Å²) in [4.78, 5) is 14.7. The predicted molar refractivity (Wildman–Crippen MR) is 110 cm³/mol. The third-order valence-corrected chi connectivity index (χ3v) is 4.76. The summed E-state index contributed by atoms with van der Waals surface area (Å²) in [5.41, 5.74) is 8.51. The minimum atomic E-state index is 0.0908. The van der Waals surface area contributed by atoms with E-state index >= 15 is 0 Å². The van der Waals surface area contributed by atoms with Gasteiger partial charge in [-0.3, -0.25) is 4.79 Å². The number of benzene rings is 2. The van der Waals surface area contributed by atoms with E-state index in [9.17, 15) is 4.79 Å². The van der Waals surface area contributed by atoms with Crippen LogP contribution in [0.2, 0.25) is 0 Å². The Bertz CT molecular complexity index is 772. The first kappa shape index (κ1) is 19.2. The highest BCUT2D eigenvalue weighted by molar-refractivity contribution is 5.97. The van der Waals surface area contributed by atoms with Gasteiger partial charge in [0, 0.05) is 12.2 Å². The van der Waals surface area contributed by atoms with Crippen LogP contribution in [0.15, 0.2) is 42.5 Å². The Hall–Kier alpha value is -2.53. The molecule has 0 aromatic heterocycles. The quantitative estimate of drug-likeness (QED) is 0.574. The van der Waals surface area contributed by atoms with Crippen LogP contribution in [0, 0.1) is 5.92 Å². The van der Waals surface area contributed by atoms with Gasteiger partial charge in [-0.1, -0.05) is 26.0 Å². The SMILES string of the molecule is CC(C)CCNCC(=O)N1CCCc2cccc(Oc3ccc(N)cc3)c21. The molecule has 0 atom stereocenters. The van der Waals surface area contributed by atoms with Gasteiger partial charge < -0.3 is 20.7 Å². The van der Waals surface area contributed by atoms with Crippen molar-refractivity contribution in [3.8, 4) is 11.5 Å². The number of nitrogens with zero attached hydrogens (tertiary/aromatic N) is 1. The second-order valence-corrected chi connectivity index (χ2v) is 7.44. The van der Waals surface area contributed by atoms with Crippen molar-refractivity contribution in [2.24, 2.45) is 5.92 Å². The smallest absolute Gasteiger partial charge is 0.241 e. The summed E-state index contributed by atoms with van der Waals surface area (Å²) >= 11 is 0. The molecule has 1 heterocycles. The fourth-order valence-electron chi connectivity index (χ4n) is 3.29. The molecule has 1 amide bonds. The first-order valence-electron chi connectivity index (χ1n) is 9.71. The van der Waals surface area contributed by atoms with Crippen LogP contribution in [-0.4, -0.2) is 25.5 Å². The monoisotopic (exact) mass is 367 g/mol. The topological polar surface area (TPSA) is 67.6 Å². The van der Waals surface area contributed by atoms with Crippen molar-refractivity contribution >= 4 is 17.3 Å². The molecular weight excluding hydrogens is 338 g/mol. The van der Waals surface area contributed by atoms with E-state index in [1.165, 1.54) is 0 Å². The number of anilines is 2. The van der Waals surface area contributed by atoms with Gasteiger partial charge in [0.25, 0.3) is 0 Å². The van der Waals surface area contributed by atoms with Crippen molar-refractivity contribution < 1.29 is 9.53 Å². The fourth-order valence-corrected chi connectivity index (χ4v) is 3.29. The lowest BCUT2D eigenvalue weighted by atomic mass is 10.0. The number of nitrogens with two attached hydrogens (primary N) is 1. The van der Waals surface area contributed by atoms with Crippen molar-refractivity contribution in [2.75, 3.05) is 30.3 Å². The Balaban J connectivity index is 1.76. The number of aryl methyl sites for hydroxylation is 1. The van der Waals surface area contributed by atoms with E-state index in [4.69, 9.17) is 10.5 Å². The molecule has 27 heavy (non-hydrogen) atoms. The van der Waals surface area contributed by atoms with Crippen LogP contribution in [0.5, 0.6) is 11.5 Å². The van der Waals surface area contributed by atoms with Gasteiger partial charge >= 0.3 is 0 Å². The number of rotatable bonds is 7. The van der Waals surface area contributed by atoms with Gasteiger partial charge in [-0.15, -0.1) is 0 Å². The first-order valence-corrected chi connectivity index (χ1v) is 9.71. The van der Waals surface area contributed by atoms with Gasteiger partial charge in [-0.25, -0.2) is 0 Å². The molecule has 0 spiro atoms. The molecule has 144 valence electrons. The van der Waals surface area contributed by atoms with Crippen LogP contribution >= 0.6 is 0 Å². The summed E-state index contributed by atoms with van der Waals surface area (Å²) in [6, 6.07) is 13.3. The Kier molecular flexibility index (Phi) is 6.35. The Labute approximate surface area is 161 Å². The van der Waals surface area contributed by atoms with E-state index in [1.807, 2.05) is 41.3 Å². The van der Waals surface area contributed by atoms with Crippen molar-refractivity contribution in [2.45, 2.75) is 33.1 Å². The number of amides is 1. The van der Waals surface area contributed by atoms with Crippen LogP contribution in [0.3, 0.4) is 0 Å². The number of carbonyl (C=O) groups is 1. The molecule has 3 N–H and O–H groups in total. The summed E-state index contributed by atoms with van der Waals surface area (Å²) < 4.78 is 6.10. The maximum absolute atomic E-state index is 12.8. The molecular formula is C22H29N3O2. The van der Waals surface area contributed by atoms with Crippen LogP contribution in [0.1, 0.15) is 32.3 Å². The lowest BCUT2D eigenvalue weighted by molar-refractivity contribution is -0.117. The summed E-state index contributed by atoms with van der Waals surface area (Å²) in [6.07, 6.45) is 2.99. The normalized spacial score (nSPS) is 13.5. The zero-order valence-electron chi connectivity index (χ0n) is 16.2. The zero-order chi connectivity index (χ0) is 19.2. The zero-order valence-corrected chi connectivity index (χ0v) is 16.2. The number of nitrogen functional groups attached to an aromatic ring is 1. The van der Waals surface area contributed by atoms with Gasteiger partial charge in [0.1, 0.15) is 5.75 Å². The number of carbonyl (C=O) groups excluding carboxylic acids is 1. The summed E-state index contributed by atoms with van der Waals surface area (Å²) in [5, 5.41) is 3.27. The van der Waals surface area contributed by atoms with Gasteiger partial charge in [0.05, 0.1) is 12.2 Å². The van der Waals surface area contributed by atoms with Crippen LogP contribution < -0.4 is 20.7 Å². The summed E-state index contributed by atoms with van der Waals surface area (Å²) in [5.74, 6) is 2.15. The van der Waals surface area contributed by atoms with Gasteiger partial charge in [0.2, 0.25) is 5.91 Å². The van der Waals surface area contributed by atoms with Crippen LogP contribution in [-0.2, 0) is 11.2 Å². The molecule has 5 heteroatoms. The maximum Gasteiger partial charge on any atom is 0.241 e. The molecule has 5 nitrogen and oxygen atoms in total. The average molecular weight is 367 g/mol. The molecule has 2 aromatic rings. The molecule has 0 saturated carbocycles. The van der Waals surface area contributed by atoms with Crippen molar-refractivity contribution in [3.63, 3.8) is 0 Å². The van der Waals surface area contributed by atoms with E-state index in [0.717, 1.165) is 43.6 Å². The molecule has 0 aliphatic carbocycles. The standard InChI is InChI=1S/C22H29N3O2/c1-16(2)12-13-24-15-21(26)25-14-4-6-17-5-3-7-20(22(17)25)27-19-10-8-18(23)9-11-19/h3,5,7-11,16,24H,4,6,12-15,23H2,1-2H3. The molecule has 0 saturated heterocycles. The lowest BCUT2D eigenvalue weighted by Gasteiger charge is -2.31. The van der Waals surface area contributed by atoms with Gasteiger partial charge in [-0.05, 0) is 67.6 Å². The van der Waals surface area contributed by atoms with E-state index < -0.39 is 0 Å². The third-order valence-electron chi connectivity index (χ3n) is 4.76. The van der Waals surface area contributed by atoms with E-state index in [1.54, 1.807) is 0 Å². The number of para-hydroxylation sites is 1. The summed E-state index contributed by atoms with van der Waals surface area (Å²) in [7, 11) is 0. The predicted octanol–water partition coefficient (Wildman–Crippen LogP) is 3.98. The lowest BCUT2D eigenvalue weighted by Crippen LogP contribution is -2.41. The largest absolute Gasteiger partial charge is 0.455 e. The highest BCUT2D eigenvalue weighted by atomic mass is 16.5. The second-order valence-electron chi connectivity index (χ2n) is 7.44. The molecule has 0 unspecified atom stereocenters. The number of hydrogen-bond donors (Lipinski definition) is 2. The van der Waals surface area contributed by atoms with Crippen molar-refractivity contribution in [1.29, 1.82) is 0 Å². The van der Waals surface area contributed by atoms with Crippen molar-refractivity contribution in [1.82, 2.24) is 5.32 Å². The van der Waals surface area contributed by atoms with E-state index in [2.05, 4.69) is 25.2 Å². The number of hydrogen-bond acceptors (Lipinski definition) is 4. The number of ether oxygens (including phenoxy) is 1. The second kappa shape index (κ2) is 8.91. The minimum Gasteiger partial charge on any atom is -0.455 e. The third kappa shape index (κ3) is 5.01. The average Bonchev–Trinajstić information content (AvgIpc) is 2.66. The Morgan fingerprint density at radius 1 is 1.22 bits per heavy atom. The Morgan fingerprint density at radius 2 is 2.00 bits per heavy atom. The van der Waals surface area contributed by atoms with Crippen molar-refractivity contribution in [3.05, 3.63) is 48.0 Å². The molecule has 1 aliphatic heterocycles. The minimum absolute atomic E-state index is 0.0908. The number of fused-ring (bicyclic) bond motifs is 1. The molecule has 0 fully saturated rings. The number of nitrogens with one attached hydrogen (secondary N) is 1. The van der Waals surface area contributed by atoms with E-state index in [0.29, 0.717) is 29.6 Å². The van der Waals surface area contributed by atoms with Crippen LogP contribution in [0.4, 0.5) is 11.4 Å². The molecule has 2 aromatic carbocycles. The highest BCUT2D eigenvalue weighted by Gasteiger charge is 2.26. The van der Waals surface area contributed by atoms with Gasteiger partial charge in [-0.2, -0.15) is 0 Å². The molecule has 3 rings (SSSR count). The highest BCUT2D eigenvalue weighted by Crippen LogP contribution is 2.38. The van der Waals surface area contributed by atoms with Crippen LogP contribution in [0.25, 0.3) is 0 Å². The molecule has 1 aliphatic rings. The Morgan fingerprint density at radius 3 is 2.74 bits per heavy atom. The maximum atomic E-state index is 12.8.